The molecule has 2 fully saturated rings. The van der Waals surface area contributed by atoms with Crippen molar-refractivity contribution in [3.8, 4) is 6.07 Å². The zero-order chi connectivity index (χ0) is 20.5. The van der Waals surface area contributed by atoms with Crippen molar-refractivity contribution in [3.63, 3.8) is 0 Å². The number of rotatable bonds is 2. The number of carbonyl (C=O) groups is 2. The van der Waals surface area contributed by atoms with Crippen LogP contribution in [0.3, 0.4) is 0 Å². The number of ether oxygens (including phenoxy) is 1. The number of methoxy groups -OCH3 is 1. The van der Waals surface area contributed by atoms with Crippen LogP contribution in [0.25, 0.3) is 0 Å². The van der Waals surface area contributed by atoms with Crippen LogP contribution in [0, 0.1) is 45.3 Å². The number of Topliss-reactive ketones (excluding diaryl/α,β-unsaturated/α-hetero) is 1. The topological polar surface area (TPSA) is 87.4 Å². The van der Waals surface area contributed by atoms with Crippen molar-refractivity contribution in [2.75, 3.05) is 13.7 Å². The van der Waals surface area contributed by atoms with E-state index in [9.17, 15) is 20.0 Å². The molecule has 0 heterocycles. The van der Waals surface area contributed by atoms with E-state index in [0.717, 1.165) is 30.4 Å². The predicted octanol–water partition coefficient (Wildman–Crippen LogP) is 3.34. The van der Waals surface area contributed by atoms with Crippen LogP contribution in [0.2, 0.25) is 0 Å². The fraction of sp³-hybridized carbons (Fsp3) is 0.696. The summed E-state index contributed by atoms with van der Waals surface area (Å²) in [6.45, 7) is 5.85. The average Bonchev–Trinajstić information content (AvgIpc) is 3.01. The normalized spacial score (nSPS) is 41.6. The van der Waals surface area contributed by atoms with E-state index < -0.39 is 10.8 Å². The van der Waals surface area contributed by atoms with Crippen molar-refractivity contribution in [2.45, 2.75) is 52.9 Å². The van der Waals surface area contributed by atoms with Crippen LogP contribution in [-0.2, 0) is 14.3 Å². The highest BCUT2D eigenvalue weighted by Gasteiger charge is 2.65. The van der Waals surface area contributed by atoms with Crippen LogP contribution >= 0.6 is 0 Å². The number of aliphatic hydroxyl groups is 1. The van der Waals surface area contributed by atoms with Crippen molar-refractivity contribution < 1.29 is 19.4 Å². The number of aliphatic hydroxyl groups excluding tert-OH is 1. The lowest BCUT2D eigenvalue weighted by atomic mass is 9.44. The molecule has 0 aromatic carbocycles. The Kier molecular flexibility index (Phi) is 4.18. The Labute approximate surface area is 166 Å². The van der Waals surface area contributed by atoms with E-state index in [1.165, 1.54) is 0 Å². The van der Waals surface area contributed by atoms with Gasteiger partial charge in [0.1, 0.15) is 5.76 Å². The van der Waals surface area contributed by atoms with Crippen LogP contribution < -0.4 is 0 Å². The molecule has 0 aliphatic heterocycles. The second kappa shape index (κ2) is 6.03. The first-order chi connectivity index (χ1) is 13.2. The standard InChI is InChI=1S/C23H29NO4/c1-21(2)17-9-16(26)20-14-6-5-13(11-24)22(14,3)8-7-15(20)23(17,12-25)18(27)10-19(21)28-4/h10,13,15,17,25H,5-9,12H2,1-4H3/t13-,15+,17-,22-,23-/m1/s1. The first-order valence-corrected chi connectivity index (χ1v) is 10.3. The third kappa shape index (κ3) is 2.10. The number of carbonyl (C=O) groups excluding carboxylic acids is 2. The van der Waals surface area contributed by atoms with E-state index >= 15 is 0 Å². The molecule has 0 radical (unpaired) electrons. The summed E-state index contributed by atoms with van der Waals surface area (Å²) in [5.74, 6) is -0.0869. The highest BCUT2D eigenvalue weighted by atomic mass is 16.5. The van der Waals surface area contributed by atoms with Crippen molar-refractivity contribution in [1.29, 1.82) is 5.26 Å². The van der Waals surface area contributed by atoms with Gasteiger partial charge in [-0.2, -0.15) is 5.26 Å². The molecule has 0 amide bonds. The number of allylic oxidation sites excluding steroid dienone is 4. The van der Waals surface area contributed by atoms with E-state index in [1.807, 2.05) is 13.8 Å². The zero-order valence-electron chi connectivity index (χ0n) is 17.2. The first kappa shape index (κ1) is 19.4. The summed E-state index contributed by atoms with van der Waals surface area (Å²) < 4.78 is 5.50. The Morgan fingerprint density at radius 3 is 2.61 bits per heavy atom. The molecule has 4 rings (SSSR count). The van der Waals surface area contributed by atoms with Crippen molar-refractivity contribution in [2.24, 2.45) is 34.0 Å². The molecule has 0 unspecified atom stereocenters. The summed E-state index contributed by atoms with van der Waals surface area (Å²) in [7, 11) is 1.55. The maximum Gasteiger partial charge on any atom is 0.168 e. The summed E-state index contributed by atoms with van der Waals surface area (Å²) in [6, 6.07) is 2.44. The zero-order valence-corrected chi connectivity index (χ0v) is 17.2. The Morgan fingerprint density at radius 2 is 2.00 bits per heavy atom. The van der Waals surface area contributed by atoms with Gasteiger partial charge < -0.3 is 9.84 Å². The van der Waals surface area contributed by atoms with E-state index in [4.69, 9.17) is 4.74 Å². The van der Waals surface area contributed by atoms with E-state index in [0.29, 0.717) is 12.2 Å². The fourth-order valence-electron chi connectivity index (χ4n) is 6.95. The highest BCUT2D eigenvalue weighted by Crippen LogP contribution is 2.65. The Bertz CT molecular complexity index is 860. The molecule has 0 bridgehead atoms. The molecular formula is C23H29NO4. The van der Waals surface area contributed by atoms with Gasteiger partial charge >= 0.3 is 0 Å². The van der Waals surface area contributed by atoms with Gasteiger partial charge in [0.15, 0.2) is 11.6 Å². The van der Waals surface area contributed by atoms with Crippen LogP contribution in [-0.4, -0.2) is 30.4 Å². The van der Waals surface area contributed by atoms with E-state index in [-0.39, 0.29) is 47.8 Å². The predicted molar refractivity (Wildman–Crippen MR) is 103 cm³/mol. The van der Waals surface area contributed by atoms with Gasteiger partial charge in [-0.1, -0.05) is 26.3 Å². The Balaban J connectivity index is 1.93. The molecule has 0 spiro atoms. The molecule has 2 saturated carbocycles. The summed E-state index contributed by atoms with van der Waals surface area (Å²) in [4.78, 5) is 26.8. The fourth-order valence-corrected chi connectivity index (χ4v) is 6.95. The smallest absolute Gasteiger partial charge is 0.168 e. The summed E-state index contributed by atoms with van der Waals surface area (Å²) in [5, 5.41) is 20.2. The van der Waals surface area contributed by atoms with Gasteiger partial charge in [0.2, 0.25) is 0 Å². The molecule has 0 saturated heterocycles. The third-order valence-electron chi connectivity index (χ3n) is 8.57. The quantitative estimate of drug-likeness (QED) is 0.790. The minimum atomic E-state index is -0.978. The first-order valence-electron chi connectivity index (χ1n) is 10.3. The SMILES string of the molecule is COC1=CC(=O)[C@@]2(CO)[C@H](CC(=O)C3=C4CC[C@H](C#N)[C@@]4(C)CC[C@@H]32)C1(C)C. The van der Waals surface area contributed by atoms with Gasteiger partial charge in [0, 0.05) is 29.2 Å². The van der Waals surface area contributed by atoms with Gasteiger partial charge in [0.05, 0.1) is 31.1 Å². The molecule has 150 valence electrons. The number of fused-ring (bicyclic) bond motifs is 4. The summed E-state index contributed by atoms with van der Waals surface area (Å²) in [6.07, 6.45) is 4.75. The molecule has 5 heteroatoms. The molecular weight excluding hydrogens is 354 g/mol. The second-order valence-corrected chi connectivity index (χ2v) is 9.80. The van der Waals surface area contributed by atoms with Gasteiger partial charge in [-0.25, -0.2) is 0 Å². The molecule has 4 aliphatic rings. The Morgan fingerprint density at radius 1 is 1.29 bits per heavy atom. The van der Waals surface area contributed by atoms with Crippen LogP contribution in [0.1, 0.15) is 52.9 Å². The van der Waals surface area contributed by atoms with Gasteiger partial charge in [0.25, 0.3) is 0 Å². The number of ketones is 2. The maximum atomic E-state index is 13.4. The largest absolute Gasteiger partial charge is 0.500 e. The van der Waals surface area contributed by atoms with Crippen LogP contribution in [0.4, 0.5) is 0 Å². The van der Waals surface area contributed by atoms with Gasteiger partial charge in [-0.3, -0.25) is 9.59 Å². The third-order valence-corrected chi connectivity index (χ3v) is 8.57. The molecule has 0 aromatic rings. The molecule has 1 N–H and O–H groups in total. The number of hydrogen-bond donors (Lipinski definition) is 1. The summed E-state index contributed by atoms with van der Waals surface area (Å²) in [5.41, 5.74) is 0.0749. The van der Waals surface area contributed by atoms with E-state index in [2.05, 4.69) is 13.0 Å². The maximum absolute atomic E-state index is 13.4. The molecule has 4 aliphatic carbocycles. The van der Waals surface area contributed by atoms with Crippen molar-refractivity contribution >= 4 is 11.6 Å². The average molecular weight is 383 g/mol. The van der Waals surface area contributed by atoms with Crippen LogP contribution in [0.15, 0.2) is 23.0 Å². The van der Waals surface area contributed by atoms with E-state index in [1.54, 1.807) is 13.2 Å². The molecule has 0 aromatic heterocycles. The van der Waals surface area contributed by atoms with Crippen molar-refractivity contribution in [1.82, 2.24) is 0 Å². The Hall–Kier alpha value is -1.93. The molecule has 5 atom stereocenters. The highest BCUT2D eigenvalue weighted by molar-refractivity contribution is 6.05. The number of hydrogen-bond acceptors (Lipinski definition) is 5. The van der Waals surface area contributed by atoms with Crippen molar-refractivity contribution in [3.05, 3.63) is 23.0 Å². The lowest BCUT2D eigenvalue weighted by Crippen LogP contribution is -2.60. The van der Waals surface area contributed by atoms with Gasteiger partial charge in [-0.05, 0) is 37.2 Å². The minimum absolute atomic E-state index is 0.0787. The lowest BCUT2D eigenvalue weighted by Gasteiger charge is -2.57. The molecule has 28 heavy (non-hydrogen) atoms. The number of nitrogens with zero attached hydrogens (tertiary/aromatic N) is 1. The monoisotopic (exact) mass is 383 g/mol. The summed E-state index contributed by atoms with van der Waals surface area (Å²) >= 11 is 0. The van der Waals surface area contributed by atoms with Crippen LogP contribution in [0.5, 0.6) is 0 Å². The second-order valence-electron chi connectivity index (χ2n) is 9.80. The lowest BCUT2D eigenvalue weighted by molar-refractivity contribution is -0.152. The van der Waals surface area contributed by atoms with Gasteiger partial charge in [-0.15, -0.1) is 0 Å². The number of nitriles is 1. The minimum Gasteiger partial charge on any atom is -0.500 e. The molecule has 5 nitrogen and oxygen atoms in total.